The summed E-state index contributed by atoms with van der Waals surface area (Å²) in [6, 6.07) is 13.1. The highest BCUT2D eigenvalue weighted by Crippen LogP contribution is 2.13. The summed E-state index contributed by atoms with van der Waals surface area (Å²) in [5.41, 5.74) is 3.23. The van der Waals surface area contributed by atoms with Gasteiger partial charge in [0.25, 0.3) is 5.91 Å². The van der Waals surface area contributed by atoms with Crippen molar-refractivity contribution in [3.63, 3.8) is 0 Å². The molecule has 1 amide bonds. The second kappa shape index (κ2) is 6.67. The molecule has 0 unspecified atom stereocenters. The van der Waals surface area contributed by atoms with E-state index in [0.717, 1.165) is 12.1 Å². The summed E-state index contributed by atoms with van der Waals surface area (Å²) in [6.45, 7) is 4.29. The largest absolute Gasteiger partial charge is 0.319 e. The lowest BCUT2D eigenvalue weighted by Crippen LogP contribution is -2.43. The highest BCUT2D eigenvalue weighted by Gasteiger charge is 2.14. The van der Waals surface area contributed by atoms with Crippen molar-refractivity contribution in [3.05, 3.63) is 59.4 Å². The second-order valence-electron chi connectivity index (χ2n) is 4.87. The van der Waals surface area contributed by atoms with Gasteiger partial charge in [0.15, 0.2) is 11.9 Å². The number of hydrogen-bond acceptors (Lipinski definition) is 2. The average molecular weight is 280 g/mol. The van der Waals surface area contributed by atoms with E-state index in [1.165, 1.54) is 5.56 Å². The predicted molar refractivity (Wildman–Crippen MR) is 80.5 cm³/mol. The first-order valence-corrected chi connectivity index (χ1v) is 6.92. The molecular formula is C17H18N3O+. The molecule has 1 heterocycles. The molecular weight excluding hydrogens is 262 g/mol. The Bertz CT molecular complexity index is 701. The van der Waals surface area contributed by atoms with E-state index in [1.807, 2.05) is 23.8 Å². The zero-order valence-corrected chi connectivity index (χ0v) is 12.3. The lowest BCUT2D eigenvalue weighted by atomic mass is 10.2. The molecule has 2 aromatic rings. The molecule has 1 aromatic heterocycles. The van der Waals surface area contributed by atoms with Gasteiger partial charge in [-0.15, -0.1) is 0 Å². The van der Waals surface area contributed by atoms with Crippen molar-refractivity contribution >= 4 is 11.6 Å². The lowest BCUT2D eigenvalue weighted by molar-refractivity contribution is -0.690. The van der Waals surface area contributed by atoms with Crippen molar-refractivity contribution in [2.75, 3.05) is 5.32 Å². The van der Waals surface area contributed by atoms with Crippen LogP contribution in [0.15, 0.2) is 42.6 Å². The van der Waals surface area contributed by atoms with Gasteiger partial charge in [-0.05, 0) is 24.6 Å². The number of anilines is 1. The molecule has 4 nitrogen and oxygen atoms in total. The number of aryl methyl sites for hydroxylation is 2. The molecule has 2 rings (SSSR count). The first-order valence-electron chi connectivity index (χ1n) is 6.92. The Hall–Kier alpha value is -2.67. The highest BCUT2D eigenvalue weighted by molar-refractivity contribution is 5.91. The third-order valence-electron chi connectivity index (χ3n) is 3.36. The summed E-state index contributed by atoms with van der Waals surface area (Å²) in [7, 11) is 0. The van der Waals surface area contributed by atoms with Gasteiger partial charge >= 0.3 is 0 Å². The van der Waals surface area contributed by atoms with Crippen molar-refractivity contribution in [1.82, 2.24) is 0 Å². The molecule has 4 heteroatoms. The van der Waals surface area contributed by atoms with E-state index in [2.05, 4.69) is 24.4 Å². The van der Waals surface area contributed by atoms with E-state index in [9.17, 15) is 4.79 Å². The zero-order chi connectivity index (χ0) is 15.2. The van der Waals surface area contributed by atoms with Crippen LogP contribution < -0.4 is 9.88 Å². The third kappa shape index (κ3) is 3.67. The minimum atomic E-state index is -0.140. The fourth-order valence-corrected chi connectivity index (χ4v) is 2.08. The van der Waals surface area contributed by atoms with Gasteiger partial charge in [-0.25, -0.2) is 0 Å². The number of amides is 1. The standard InChI is InChI=1S/C17H17N3O/c1-3-14-9-8-13(2)20(11-14)12-17(21)19-16-7-5-4-6-15(16)10-18/h4-9,11H,3,12H2,1-2H3/p+1. The van der Waals surface area contributed by atoms with E-state index < -0.39 is 0 Å². The first-order chi connectivity index (χ1) is 10.1. The van der Waals surface area contributed by atoms with Crippen LogP contribution in [-0.2, 0) is 17.8 Å². The molecule has 0 aliphatic rings. The summed E-state index contributed by atoms with van der Waals surface area (Å²) in [4.78, 5) is 12.2. The minimum Gasteiger partial charge on any atom is -0.319 e. The Morgan fingerprint density at radius 3 is 2.76 bits per heavy atom. The van der Waals surface area contributed by atoms with Crippen LogP contribution in [0.5, 0.6) is 0 Å². The van der Waals surface area contributed by atoms with Crippen molar-refractivity contribution in [2.24, 2.45) is 0 Å². The van der Waals surface area contributed by atoms with Crippen LogP contribution in [0.3, 0.4) is 0 Å². The third-order valence-corrected chi connectivity index (χ3v) is 3.36. The topological polar surface area (TPSA) is 56.8 Å². The number of benzene rings is 1. The Morgan fingerprint density at radius 2 is 2.05 bits per heavy atom. The minimum absolute atomic E-state index is 0.140. The summed E-state index contributed by atoms with van der Waals surface area (Å²) < 4.78 is 1.92. The summed E-state index contributed by atoms with van der Waals surface area (Å²) in [5.74, 6) is -0.140. The van der Waals surface area contributed by atoms with Crippen molar-refractivity contribution in [1.29, 1.82) is 5.26 Å². The predicted octanol–water partition coefficient (Wildman–Crippen LogP) is 2.36. The fraction of sp³-hybridized carbons (Fsp3) is 0.235. The van der Waals surface area contributed by atoms with Gasteiger partial charge in [0.05, 0.1) is 11.3 Å². The molecule has 0 saturated heterocycles. The monoisotopic (exact) mass is 280 g/mol. The van der Waals surface area contributed by atoms with E-state index in [-0.39, 0.29) is 12.5 Å². The number of nitrogens with one attached hydrogen (secondary N) is 1. The first kappa shape index (κ1) is 14.7. The van der Waals surface area contributed by atoms with Crippen molar-refractivity contribution in [2.45, 2.75) is 26.8 Å². The van der Waals surface area contributed by atoms with Gasteiger partial charge in [0.1, 0.15) is 6.07 Å². The van der Waals surface area contributed by atoms with Crippen LogP contribution in [0.2, 0.25) is 0 Å². The van der Waals surface area contributed by atoms with Crippen LogP contribution >= 0.6 is 0 Å². The molecule has 21 heavy (non-hydrogen) atoms. The molecule has 0 fully saturated rings. The Balaban J connectivity index is 2.14. The molecule has 0 atom stereocenters. The van der Waals surface area contributed by atoms with E-state index >= 15 is 0 Å². The average Bonchev–Trinajstić information content (AvgIpc) is 2.50. The van der Waals surface area contributed by atoms with Crippen LogP contribution in [0.25, 0.3) is 0 Å². The summed E-state index contributed by atoms with van der Waals surface area (Å²) in [6.07, 6.45) is 2.92. The Morgan fingerprint density at radius 1 is 1.29 bits per heavy atom. The number of carbonyl (C=O) groups excluding carboxylic acids is 1. The Labute approximate surface area is 124 Å². The molecule has 1 N–H and O–H groups in total. The number of nitrogens with zero attached hydrogens (tertiary/aromatic N) is 2. The number of aromatic nitrogens is 1. The quantitative estimate of drug-likeness (QED) is 0.874. The fourth-order valence-electron chi connectivity index (χ4n) is 2.08. The maximum atomic E-state index is 12.2. The van der Waals surface area contributed by atoms with Gasteiger partial charge in [0.2, 0.25) is 6.54 Å². The zero-order valence-electron chi connectivity index (χ0n) is 12.3. The van der Waals surface area contributed by atoms with E-state index in [1.54, 1.807) is 24.3 Å². The van der Waals surface area contributed by atoms with Gasteiger partial charge in [-0.3, -0.25) is 4.79 Å². The number of nitriles is 1. The number of pyridine rings is 1. The van der Waals surface area contributed by atoms with Crippen LogP contribution in [0, 0.1) is 18.3 Å². The smallest absolute Gasteiger partial charge is 0.290 e. The van der Waals surface area contributed by atoms with E-state index in [4.69, 9.17) is 5.26 Å². The molecule has 106 valence electrons. The number of rotatable bonds is 4. The van der Waals surface area contributed by atoms with E-state index in [0.29, 0.717) is 11.3 Å². The van der Waals surface area contributed by atoms with Gasteiger partial charge in [-0.2, -0.15) is 9.83 Å². The van der Waals surface area contributed by atoms with Gasteiger partial charge in [-0.1, -0.05) is 19.1 Å². The molecule has 0 saturated carbocycles. The van der Waals surface area contributed by atoms with Crippen molar-refractivity contribution in [3.8, 4) is 6.07 Å². The normalized spacial score (nSPS) is 9.95. The molecule has 0 aliphatic heterocycles. The molecule has 1 aromatic carbocycles. The molecule has 0 radical (unpaired) electrons. The number of para-hydroxylation sites is 1. The van der Waals surface area contributed by atoms with Gasteiger partial charge in [0, 0.05) is 18.6 Å². The molecule has 0 aliphatic carbocycles. The molecule has 0 bridgehead atoms. The maximum Gasteiger partial charge on any atom is 0.290 e. The SMILES string of the molecule is CCc1ccc(C)[n+](CC(=O)Nc2ccccc2C#N)c1. The number of hydrogen-bond donors (Lipinski definition) is 1. The summed E-state index contributed by atoms with van der Waals surface area (Å²) >= 11 is 0. The number of carbonyl (C=O) groups is 1. The lowest BCUT2D eigenvalue weighted by Gasteiger charge is -2.06. The molecule has 0 spiro atoms. The Kier molecular flexibility index (Phi) is 4.68. The summed E-state index contributed by atoms with van der Waals surface area (Å²) in [5, 5.41) is 11.8. The highest BCUT2D eigenvalue weighted by atomic mass is 16.1. The van der Waals surface area contributed by atoms with Crippen molar-refractivity contribution < 1.29 is 9.36 Å². The van der Waals surface area contributed by atoms with Gasteiger partial charge < -0.3 is 5.32 Å². The van der Waals surface area contributed by atoms with Crippen LogP contribution in [0.1, 0.15) is 23.7 Å². The maximum absolute atomic E-state index is 12.2. The van der Waals surface area contributed by atoms with Crippen LogP contribution in [-0.4, -0.2) is 5.91 Å². The second-order valence-corrected chi connectivity index (χ2v) is 4.87. The van der Waals surface area contributed by atoms with Crippen LogP contribution in [0.4, 0.5) is 5.69 Å².